The Balaban J connectivity index is 2.26. The van der Waals surface area contributed by atoms with Crippen LogP contribution in [0.5, 0.6) is 0 Å². The van der Waals surface area contributed by atoms with Crippen LogP contribution >= 0.6 is 11.3 Å². The summed E-state index contributed by atoms with van der Waals surface area (Å²) in [5.41, 5.74) is 2.20. The van der Waals surface area contributed by atoms with E-state index in [4.69, 9.17) is 0 Å². The van der Waals surface area contributed by atoms with E-state index in [1.54, 1.807) is 11.3 Å². The van der Waals surface area contributed by atoms with Gasteiger partial charge in [0.05, 0.1) is 5.69 Å². The van der Waals surface area contributed by atoms with Gasteiger partial charge in [-0.1, -0.05) is 18.2 Å². The lowest BCUT2D eigenvalue weighted by Gasteiger charge is -1.99. The highest BCUT2D eigenvalue weighted by molar-refractivity contribution is 7.17. The number of thiophene rings is 1. The number of aryl methyl sites for hydroxylation is 1. The first kappa shape index (κ1) is 9.48. The summed E-state index contributed by atoms with van der Waals surface area (Å²) in [7, 11) is 0. The third-order valence-corrected chi connectivity index (χ3v) is 3.50. The van der Waals surface area contributed by atoms with Crippen molar-refractivity contribution in [2.75, 3.05) is 0 Å². The van der Waals surface area contributed by atoms with Gasteiger partial charge in [0.25, 0.3) is 0 Å². The molecule has 78 valence electrons. The van der Waals surface area contributed by atoms with E-state index in [1.165, 1.54) is 15.6 Å². The van der Waals surface area contributed by atoms with Gasteiger partial charge in [0.15, 0.2) is 0 Å². The number of fused-ring (bicyclic) bond motifs is 1. The molecule has 0 atom stereocenters. The third kappa shape index (κ3) is 1.49. The highest BCUT2D eigenvalue weighted by Crippen LogP contribution is 2.32. The summed E-state index contributed by atoms with van der Waals surface area (Å²) in [5, 5.41) is 3.43. The fraction of sp³-hybridized carbons (Fsp3) is 0.0769. The summed E-state index contributed by atoms with van der Waals surface area (Å²) >= 11 is 1.75. The van der Waals surface area contributed by atoms with Crippen molar-refractivity contribution in [3.8, 4) is 11.3 Å². The predicted octanol–water partition coefficient (Wildman–Crippen LogP) is 3.67. The summed E-state index contributed by atoms with van der Waals surface area (Å²) in [6, 6.07) is 10.4. The largest absolute Gasteiger partial charge is 0.242 e. The third-order valence-electron chi connectivity index (χ3n) is 2.53. The monoisotopic (exact) mass is 226 g/mol. The number of hydrogen-bond acceptors (Lipinski definition) is 3. The molecule has 0 aliphatic heterocycles. The molecule has 3 heteroatoms. The summed E-state index contributed by atoms with van der Waals surface area (Å²) < 4.78 is 1.30. The SMILES string of the molecule is Cc1nccc(-c2csc3ccccc23)n1. The van der Waals surface area contributed by atoms with Crippen molar-refractivity contribution >= 4 is 21.4 Å². The van der Waals surface area contributed by atoms with Crippen molar-refractivity contribution in [2.24, 2.45) is 0 Å². The minimum Gasteiger partial charge on any atom is -0.242 e. The van der Waals surface area contributed by atoms with Crippen molar-refractivity contribution in [3.05, 3.63) is 47.7 Å². The van der Waals surface area contributed by atoms with E-state index in [0.29, 0.717) is 0 Å². The maximum absolute atomic E-state index is 4.46. The summed E-state index contributed by atoms with van der Waals surface area (Å²) in [4.78, 5) is 8.58. The number of nitrogens with zero attached hydrogens (tertiary/aromatic N) is 2. The van der Waals surface area contributed by atoms with Crippen LogP contribution in [-0.4, -0.2) is 9.97 Å². The maximum Gasteiger partial charge on any atom is 0.125 e. The first-order valence-corrected chi connectivity index (χ1v) is 5.99. The van der Waals surface area contributed by atoms with Gasteiger partial charge in [-0.05, 0) is 19.1 Å². The Morgan fingerprint density at radius 3 is 2.88 bits per heavy atom. The molecule has 3 rings (SSSR count). The van der Waals surface area contributed by atoms with Crippen LogP contribution in [-0.2, 0) is 0 Å². The Morgan fingerprint density at radius 1 is 1.12 bits per heavy atom. The number of aromatic nitrogens is 2. The van der Waals surface area contributed by atoms with Crippen LogP contribution in [0.2, 0.25) is 0 Å². The molecule has 2 nitrogen and oxygen atoms in total. The van der Waals surface area contributed by atoms with Gasteiger partial charge in [0.1, 0.15) is 5.82 Å². The Kier molecular flexibility index (Phi) is 2.18. The van der Waals surface area contributed by atoms with Gasteiger partial charge >= 0.3 is 0 Å². The molecule has 0 fully saturated rings. The molecular formula is C13H10N2S. The summed E-state index contributed by atoms with van der Waals surface area (Å²) in [6.45, 7) is 1.91. The average molecular weight is 226 g/mol. The minimum atomic E-state index is 0.813. The highest BCUT2D eigenvalue weighted by atomic mass is 32.1. The first-order chi connectivity index (χ1) is 7.84. The molecule has 0 saturated heterocycles. The molecule has 1 aromatic carbocycles. The quantitative estimate of drug-likeness (QED) is 0.632. The van der Waals surface area contributed by atoms with Gasteiger partial charge in [0.2, 0.25) is 0 Å². The average Bonchev–Trinajstić information content (AvgIpc) is 2.72. The Labute approximate surface area is 97.6 Å². The van der Waals surface area contributed by atoms with E-state index in [0.717, 1.165) is 11.5 Å². The van der Waals surface area contributed by atoms with Crippen LogP contribution in [0.1, 0.15) is 5.82 Å². The molecule has 2 heterocycles. The molecule has 0 amide bonds. The zero-order valence-corrected chi connectivity index (χ0v) is 9.66. The molecule has 0 saturated carbocycles. The Hall–Kier alpha value is -1.74. The van der Waals surface area contributed by atoms with Crippen LogP contribution in [0.4, 0.5) is 0 Å². The fourth-order valence-corrected chi connectivity index (χ4v) is 2.74. The summed E-state index contributed by atoms with van der Waals surface area (Å²) in [5.74, 6) is 0.813. The van der Waals surface area contributed by atoms with E-state index in [2.05, 4.69) is 39.6 Å². The van der Waals surface area contributed by atoms with Gasteiger partial charge < -0.3 is 0 Å². The lowest BCUT2D eigenvalue weighted by molar-refractivity contribution is 1.06. The van der Waals surface area contributed by atoms with E-state index in [9.17, 15) is 0 Å². The lowest BCUT2D eigenvalue weighted by Crippen LogP contribution is -1.88. The van der Waals surface area contributed by atoms with Gasteiger partial charge in [-0.15, -0.1) is 11.3 Å². The molecule has 0 spiro atoms. The fourth-order valence-electron chi connectivity index (χ4n) is 1.78. The minimum absolute atomic E-state index is 0.813. The molecule has 0 unspecified atom stereocenters. The second-order valence-corrected chi connectivity index (χ2v) is 4.55. The molecular weight excluding hydrogens is 216 g/mol. The van der Waals surface area contributed by atoms with Crippen LogP contribution in [0, 0.1) is 6.92 Å². The first-order valence-electron chi connectivity index (χ1n) is 5.11. The highest BCUT2D eigenvalue weighted by Gasteiger charge is 2.06. The number of benzene rings is 1. The second-order valence-electron chi connectivity index (χ2n) is 3.63. The summed E-state index contributed by atoms with van der Waals surface area (Å²) in [6.07, 6.45) is 1.81. The van der Waals surface area contributed by atoms with Gasteiger partial charge in [0, 0.05) is 27.2 Å². The van der Waals surface area contributed by atoms with Crippen LogP contribution in [0.3, 0.4) is 0 Å². The number of rotatable bonds is 1. The van der Waals surface area contributed by atoms with Crippen molar-refractivity contribution < 1.29 is 0 Å². The van der Waals surface area contributed by atoms with Crippen molar-refractivity contribution in [1.29, 1.82) is 0 Å². The van der Waals surface area contributed by atoms with Crippen molar-refractivity contribution in [1.82, 2.24) is 9.97 Å². The topological polar surface area (TPSA) is 25.8 Å². The molecule has 16 heavy (non-hydrogen) atoms. The van der Waals surface area contributed by atoms with E-state index in [1.807, 2.05) is 19.2 Å². The molecule has 0 aliphatic carbocycles. The smallest absolute Gasteiger partial charge is 0.125 e. The van der Waals surface area contributed by atoms with Gasteiger partial charge in [-0.2, -0.15) is 0 Å². The second kappa shape index (κ2) is 3.68. The van der Waals surface area contributed by atoms with Crippen molar-refractivity contribution in [3.63, 3.8) is 0 Å². The molecule has 0 bridgehead atoms. The van der Waals surface area contributed by atoms with Crippen LogP contribution in [0.15, 0.2) is 41.9 Å². The van der Waals surface area contributed by atoms with E-state index >= 15 is 0 Å². The van der Waals surface area contributed by atoms with Gasteiger partial charge in [-0.25, -0.2) is 9.97 Å². The Bertz CT molecular complexity index is 643. The molecule has 0 radical (unpaired) electrons. The van der Waals surface area contributed by atoms with E-state index in [-0.39, 0.29) is 0 Å². The lowest BCUT2D eigenvalue weighted by atomic mass is 10.1. The zero-order valence-electron chi connectivity index (χ0n) is 8.84. The predicted molar refractivity (Wildman–Crippen MR) is 67.6 cm³/mol. The van der Waals surface area contributed by atoms with E-state index < -0.39 is 0 Å². The van der Waals surface area contributed by atoms with Crippen LogP contribution in [0.25, 0.3) is 21.3 Å². The zero-order chi connectivity index (χ0) is 11.0. The normalized spacial score (nSPS) is 10.8. The molecule has 2 aromatic heterocycles. The standard InChI is InChI=1S/C13H10N2S/c1-9-14-7-6-12(15-9)11-8-16-13-5-3-2-4-10(11)13/h2-8H,1H3. The van der Waals surface area contributed by atoms with Gasteiger partial charge in [-0.3, -0.25) is 0 Å². The molecule has 3 aromatic rings. The number of hydrogen-bond donors (Lipinski definition) is 0. The van der Waals surface area contributed by atoms with Crippen molar-refractivity contribution in [2.45, 2.75) is 6.92 Å². The maximum atomic E-state index is 4.46. The molecule has 0 aliphatic rings. The Morgan fingerprint density at radius 2 is 2.00 bits per heavy atom. The van der Waals surface area contributed by atoms with Crippen LogP contribution < -0.4 is 0 Å². The molecule has 0 N–H and O–H groups in total.